The molecule has 0 atom stereocenters. The van der Waals surface area contributed by atoms with Gasteiger partial charge in [0.2, 0.25) is 0 Å². The zero-order valence-electron chi connectivity index (χ0n) is 16.9. The highest BCUT2D eigenvalue weighted by atomic mass is 79.9. The minimum Gasteiger partial charge on any atom is -0.493 e. The number of halogens is 3. The lowest BCUT2D eigenvalue weighted by molar-refractivity contribution is -0.112. The lowest BCUT2D eigenvalue weighted by Crippen LogP contribution is -2.13. The molecule has 1 N–H and O–H groups in total. The van der Waals surface area contributed by atoms with Crippen LogP contribution in [0, 0.1) is 11.3 Å². The highest BCUT2D eigenvalue weighted by molar-refractivity contribution is 9.10. The minimum absolute atomic E-state index is 0.0552. The minimum atomic E-state index is -0.514. The van der Waals surface area contributed by atoms with Gasteiger partial charge in [0.25, 0.3) is 5.91 Å². The van der Waals surface area contributed by atoms with Crippen molar-refractivity contribution in [2.75, 3.05) is 12.4 Å². The number of hydrogen-bond donors (Lipinski definition) is 1. The van der Waals surface area contributed by atoms with Crippen LogP contribution in [0.3, 0.4) is 0 Å². The summed E-state index contributed by atoms with van der Waals surface area (Å²) in [4.78, 5) is 12.6. The third-order valence-electron chi connectivity index (χ3n) is 4.39. The van der Waals surface area contributed by atoms with E-state index in [0.717, 1.165) is 10.0 Å². The summed E-state index contributed by atoms with van der Waals surface area (Å²) < 4.78 is 12.9. The second-order valence-electron chi connectivity index (χ2n) is 6.54. The quantitative estimate of drug-likeness (QED) is 0.243. The Morgan fingerprint density at radius 2 is 1.84 bits per heavy atom. The number of ether oxygens (including phenoxy) is 2. The molecule has 3 aromatic carbocycles. The molecule has 0 aliphatic heterocycles. The fourth-order valence-corrected chi connectivity index (χ4v) is 3.63. The van der Waals surface area contributed by atoms with E-state index in [-0.39, 0.29) is 12.2 Å². The van der Waals surface area contributed by atoms with Crippen molar-refractivity contribution in [2.45, 2.75) is 6.61 Å². The van der Waals surface area contributed by atoms with Gasteiger partial charge in [0.15, 0.2) is 11.5 Å². The Morgan fingerprint density at radius 1 is 1.12 bits per heavy atom. The van der Waals surface area contributed by atoms with E-state index in [2.05, 4.69) is 37.2 Å². The van der Waals surface area contributed by atoms with E-state index in [4.69, 9.17) is 21.1 Å². The average Bonchev–Trinajstić information content (AvgIpc) is 2.79. The van der Waals surface area contributed by atoms with Gasteiger partial charge in [0, 0.05) is 25.2 Å². The van der Waals surface area contributed by atoms with Gasteiger partial charge in [-0.25, -0.2) is 0 Å². The molecule has 0 aromatic heterocycles. The van der Waals surface area contributed by atoms with Gasteiger partial charge in [0.1, 0.15) is 18.2 Å². The maximum absolute atomic E-state index is 12.6. The first-order valence-corrected chi connectivity index (χ1v) is 11.3. The summed E-state index contributed by atoms with van der Waals surface area (Å²) in [6, 6.07) is 19.8. The number of benzene rings is 3. The normalized spacial score (nSPS) is 10.9. The highest BCUT2D eigenvalue weighted by Crippen LogP contribution is 2.35. The molecule has 0 saturated heterocycles. The Balaban J connectivity index is 1.82. The second-order valence-corrected chi connectivity index (χ2v) is 8.71. The molecule has 162 valence electrons. The molecule has 0 radical (unpaired) electrons. The van der Waals surface area contributed by atoms with Gasteiger partial charge in [-0.1, -0.05) is 61.7 Å². The number of methoxy groups -OCH3 is 1. The van der Waals surface area contributed by atoms with Crippen LogP contribution in [-0.4, -0.2) is 13.0 Å². The Labute approximate surface area is 207 Å². The van der Waals surface area contributed by atoms with Crippen LogP contribution in [0.2, 0.25) is 5.02 Å². The number of anilines is 1. The molecule has 8 heteroatoms. The van der Waals surface area contributed by atoms with Gasteiger partial charge in [-0.15, -0.1) is 0 Å². The molecule has 0 aliphatic carbocycles. The van der Waals surface area contributed by atoms with Crippen molar-refractivity contribution in [3.05, 3.63) is 91.3 Å². The predicted molar refractivity (Wildman–Crippen MR) is 133 cm³/mol. The number of nitriles is 1. The monoisotopic (exact) mass is 574 g/mol. The van der Waals surface area contributed by atoms with E-state index in [1.807, 2.05) is 24.3 Å². The van der Waals surface area contributed by atoms with Crippen LogP contribution in [0.4, 0.5) is 5.69 Å². The maximum Gasteiger partial charge on any atom is 0.266 e. The lowest BCUT2D eigenvalue weighted by Gasteiger charge is -2.14. The molecule has 0 saturated carbocycles. The number of nitrogens with one attached hydrogen (secondary N) is 1. The van der Waals surface area contributed by atoms with Gasteiger partial charge in [-0.2, -0.15) is 5.26 Å². The van der Waals surface area contributed by atoms with Gasteiger partial charge in [-0.05, 0) is 54.1 Å². The topological polar surface area (TPSA) is 71.3 Å². The van der Waals surface area contributed by atoms with Crippen molar-refractivity contribution in [1.82, 2.24) is 0 Å². The van der Waals surface area contributed by atoms with E-state index in [1.165, 1.54) is 13.2 Å². The maximum atomic E-state index is 12.6. The lowest BCUT2D eigenvalue weighted by atomic mass is 10.1. The van der Waals surface area contributed by atoms with Crippen molar-refractivity contribution in [1.29, 1.82) is 5.26 Å². The number of hydrogen-bond acceptors (Lipinski definition) is 4. The molecular formula is C24H17Br2ClN2O3. The highest BCUT2D eigenvalue weighted by Gasteiger charge is 2.14. The van der Waals surface area contributed by atoms with E-state index in [1.54, 1.807) is 42.5 Å². The molecule has 0 bridgehead atoms. The van der Waals surface area contributed by atoms with E-state index < -0.39 is 5.91 Å². The molecule has 5 nitrogen and oxygen atoms in total. The van der Waals surface area contributed by atoms with Crippen LogP contribution < -0.4 is 14.8 Å². The molecule has 3 aromatic rings. The molecule has 1 amide bonds. The first-order chi connectivity index (χ1) is 15.4. The Hall–Kier alpha value is -2.79. The van der Waals surface area contributed by atoms with Crippen LogP contribution in [0.1, 0.15) is 11.1 Å². The Kier molecular flexibility index (Phi) is 8.34. The summed E-state index contributed by atoms with van der Waals surface area (Å²) in [5.74, 6) is 0.436. The fourth-order valence-electron chi connectivity index (χ4n) is 2.74. The molecular weight excluding hydrogens is 560 g/mol. The number of amides is 1. The van der Waals surface area contributed by atoms with Crippen molar-refractivity contribution >= 4 is 61.1 Å². The largest absolute Gasteiger partial charge is 0.493 e. The molecule has 3 rings (SSSR count). The summed E-state index contributed by atoms with van der Waals surface area (Å²) in [7, 11) is 1.52. The van der Waals surface area contributed by atoms with Crippen LogP contribution >= 0.6 is 43.5 Å². The van der Waals surface area contributed by atoms with Crippen molar-refractivity contribution in [3.63, 3.8) is 0 Å². The van der Waals surface area contributed by atoms with Crippen molar-refractivity contribution in [2.24, 2.45) is 0 Å². The van der Waals surface area contributed by atoms with Crippen molar-refractivity contribution < 1.29 is 14.3 Å². The summed E-state index contributed by atoms with van der Waals surface area (Å²) in [6.07, 6.45) is 1.48. The molecule has 32 heavy (non-hydrogen) atoms. The number of rotatable bonds is 7. The van der Waals surface area contributed by atoms with Crippen LogP contribution in [0.15, 0.2) is 75.2 Å². The zero-order chi connectivity index (χ0) is 23.1. The summed E-state index contributed by atoms with van der Waals surface area (Å²) in [5, 5.41) is 12.8. The van der Waals surface area contributed by atoms with Crippen LogP contribution in [-0.2, 0) is 11.4 Å². The number of nitrogens with zero attached hydrogens (tertiary/aromatic N) is 1. The SMILES string of the molecule is COc1cc(/C=C(/C#N)C(=O)Nc2ccc(Br)cc2)c(Br)cc1OCc1ccccc1Cl. The summed E-state index contributed by atoms with van der Waals surface area (Å²) >= 11 is 13.0. The van der Waals surface area contributed by atoms with Gasteiger partial charge in [0.05, 0.1) is 7.11 Å². The predicted octanol–water partition coefficient (Wildman–Crippen LogP) is 7.00. The van der Waals surface area contributed by atoms with Crippen LogP contribution in [0.5, 0.6) is 11.5 Å². The second kappa shape index (κ2) is 11.2. The first-order valence-electron chi connectivity index (χ1n) is 9.33. The first kappa shape index (κ1) is 23.9. The molecule has 0 spiro atoms. The smallest absolute Gasteiger partial charge is 0.266 e. The van der Waals surface area contributed by atoms with Gasteiger partial charge in [-0.3, -0.25) is 4.79 Å². The summed E-state index contributed by atoms with van der Waals surface area (Å²) in [6.45, 7) is 0.261. The molecule has 0 heterocycles. The molecule has 0 aliphatic rings. The van der Waals surface area contributed by atoms with Gasteiger partial charge >= 0.3 is 0 Å². The van der Waals surface area contributed by atoms with Crippen LogP contribution in [0.25, 0.3) is 6.08 Å². The summed E-state index contributed by atoms with van der Waals surface area (Å²) in [5.41, 5.74) is 1.96. The Bertz CT molecular complexity index is 1200. The molecule has 0 unspecified atom stereocenters. The number of carbonyl (C=O) groups excluding carboxylic acids is 1. The number of carbonyl (C=O) groups is 1. The zero-order valence-corrected chi connectivity index (χ0v) is 20.8. The Morgan fingerprint density at radius 3 is 2.50 bits per heavy atom. The standard InChI is InChI=1S/C24H17Br2ClN2O3/c1-31-22-11-16(10-17(13-28)24(30)29-19-8-6-18(25)7-9-19)20(26)12-23(22)32-14-15-4-2-3-5-21(15)27/h2-12H,14H2,1H3,(H,29,30)/b17-10-. The average molecular weight is 577 g/mol. The van der Waals surface area contributed by atoms with Crippen molar-refractivity contribution in [3.8, 4) is 17.6 Å². The van der Waals surface area contributed by atoms with E-state index in [9.17, 15) is 10.1 Å². The molecule has 0 fully saturated rings. The van der Waals surface area contributed by atoms with E-state index in [0.29, 0.717) is 32.2 Å². The third-order valence-corrected chi connectivity index (χ3v) is 5.98. The third kappa shape index (κ3) is 6.13. The van der Waals surface area contributed by atoms with Gasteiger partial charge < -0.3 is 14.8 Å². The van der Waals surface area contributed by atoms with E-state index >= 15 is 0 Å². The fraction of sp³-hybridized carbons (Fsp3) is 0.0833.